The third kappa shape index (κ3) is 3.85. The van der Waals surface area contributed by atoms with Crippen LogP contribution in [0.25, 0.3) is 22.2 Å². The van der Waals surface area contributed by atoms with Gasteiger partial charge in [0.05, 0.1) is 23.0 Å². The number of aromatic nitrogens is 3. The molecule has 5 rings (SSSR count). The van der Waals surface area contributed by atoms with E-state index in [0.717, 1.165) is 11.3 Å². The highest BCUT2D eigenvalue weighted by atomic mass is 35.5. The monoisotopic (exact) mass is 492 g/mol. The molecule has 0 spiro atoms. The van der Waals surface area contributed by atoms with Crippen molar-refractivity contribution in [3.63, 3.8) is 0 Å². The van der Waals surface area contributed by atoms with Crippen LogP contribution in [0.1, 0.15) is 5.56 Å². The molecule has 0 radical (unpaired) electrons. The summed E-state index contributed by atoms with van der Waals surface area (Å²) >= 11 is 6.08. The Bertz CT molecular complexity index is 1630. The molecule has 0 bridgehead atoms. The molecule has 0 atom stereocenters. The van der Waals surface area contributed by atoms with Gasteiger partial charge in [-0.2, -0.15) is 0 Å². The van der Waals surface area contributed by atoms with Crippen LogP contribution in [0.3, 0.4) is 0 Å². The zero-order valence-corrected chi connectivity index (χ0v) is 19.8. The van der Waals surface area contributed by atoms with E-state index in [1.165, 1.54) is 12.1 Å². The Morgan fingerprint density at radius 3 is 2.35 bits per heavy atom. The van der Waals surface area contributed by atoms with Gasteiger partial charge in [0, 0.05) is 11.6 Å². The number of ether oxygens (including phenoxy) is 1. The van der Waals surface area contributed by atoms with E-state index in [1.54, 1.807) is 29.9 Å². The van der Waals surface area contributed by atoms with E-state index >= 15 is 0 Å². The maximum absolute atomic E-state index is 13.7. The van der Waals surface area contributed by atoms with Gasteiger partial charge in [0.25, 0.3) is 0 Å². The lowest BCUT2D eigenvalue weighted by molar-refractivity contribution is 0.414. The number of nitrogen functional groups attached to an aromatic ring is 1. The Labute approximate surface area is 201 Å². The van der Waals surface area contributed by atoms with E-state index < -0.39 is 9.84 Å². The second-order valence-corrected chi connectivity index (χ2v) is 10.1. The average molecular weight is 493 g/mol. The maximum Gasteiger partial charge on any atom is 0.212 e. The fraction of sp³-hybridized carbons (Fsp3) is 0.120. The van der Waals surface area contributed by atoms with Gasteiger partial charge in [-0.1, -0.05) is 41.9 Å². The van der Waals surface area contributed by atoms with Gasteiger partial charge in [-0.3, -0.25) is 0 Å². The second kappa shape index (κ2) is 8.62. The van der Waals surface area contributed by atoms with Crippen LogP contribution in [-0.2, 0) is 22.8 Å². The van der Waals surface area contributed by atoms with Crippen molar-refractivity contribution in [1.29, 1.82) is 0 Å². The SMILES string of the molecule is COc1ccc(CCn2c(N)c(S(=O)(=O)c3cccc(Cl)c3)c3nc4ccccc4nc32)cc1. The first-order valence-electron chi connectivity index (χ1n) is 10.6. The van der Waals surface area contributed by atoms with Gasteiger partial charge < -0.3 is 15.0 Å². The van der Waals surface area contributed by atoms with Gasteiger partial charge in [0.2, 0.25) is 9.84 Å². The van der Waals surface area contributed by atoms with E-state index in [1.807, 2.05) is 42.5 Å². The molecule has 0 saturated heterocycles. The van der Waals surface area contributed by atoms with E-state index in [2.05, 4.69) is 4.98 Å². The number of rotatable bonds is 6. The lowest BCUT2D eigenvalue weighted by atomic mass is 10.1. The summed E-state index contributed by atoms with van der Waals surface area (Å²) in [5, 5.41) is 0.319. The summed E-state index contributed by atoms with van der Waals surface area (Å²) < 4.78 is 34.3. The third-order valence-electron chi connectivity index (χ3n) is 5.70. The number of para-hydroxylation sites is 2. The zero-order chi connectivity index (χ0) is 23.9. The number of benzene rings is 3. The summed E-state index contributed by atoms with van der Waals surface area (Å²) in [4.78, 5) is 9.39. The van der Waals surface area contributed by atoms with E-state index in [0.29, 0.717) is 34.7 Å². The van der Waals surface area contributed by atoms with Crippen LogP contribution in [0, 0.1) is 0 Å². The van der Waals surface area contributed by atoms with Crippen molar-refractivity contribution in [3.8, 4) is 5.75 Å². The first kappa shape index (κ1) is 22.2. The number of hydrogen-bond donors (Lipinski definition) is 1. The Balaban J connectivity index is 1.69. The quantitative estimate of drug-likeness (QED) is 0.361. The van der Waals surface area contributed by atoms with Crippen molar-refractivity contribution < 1.29 is 13.2 Å². The van der Waals surface area contributed by atoms with Crippen LogP contribution < -0.4 is 10.5 Å². The molecule has 0 unspecified atom stereocenters. The van der Waals surface area contributed by atoms with Crippen molar-refractivity contribution >= 4 is 49.5 Å². The first-order chi connectivity index (χ1) is 16.4. The predicted octanol–water partition coefficient (Wildman–Crippen LogP) is 4.90. The number of fused-ring (bicyclic) bond motifs is 2. The number of aryl methyl sites for hydroxylation is 2. The standard InChI is InChI=1S/C25H21ClN4O3S/c1-33-18-11-9-16(10-12-18)13-14-30-24(27)23(34(31,32)19-6-4-5-17(26)15-19)22-25(30)29-21-8-3-2-7-20(21)28-22/h2-12,15H,13-14,27H2,1H3. The Morgan fingerprint density at radius 1 is 0.971 bits per heavy atom. The number of anilines is 1. The third-order valence-corrected chi connectivity index (χ3v) is 7.75. The van der Waals surface area contributed by atoms with E-state index in [-0.39, 0.29) is 21.1 Å². The van der Waals surface area contributed by atoms with Gasteiger partial charge >= 0.3 is 0 Å². The van der Waals surface area contributed by atoms with Crippen molar-refractivity contribution in [2.24, 2.45) is 0 Å². The molecule has 172 valence electrons. The summed E-state index contributed by atoms with van der Waals surface area (Å²) in [5.41, 5.74) is 9.46. The molecule has 0 aliphatic carbocycles. The van der Waals surface area contributed by atoms with Gasteiger partial charge in [0.15, 0.2) is 5.65 Å². The molecule has 7 nitrogen and oxygen atoms in total. The molecule has 0 aliphatic heterocycles. The van der Waals surface area contributed by atoms with Crippen LogP contribution in [0.5, 0.6) is 5.75 Å². The highest BCUT2D eigenvalue weighted by molar-refractivity contribution is 7.92. The molecule has 0 saturated carbocycles. The molecule has 2 aromatic heterocycles. The fourth-order valence-electron chi connectivity index (χ4n) is 3.97. The zero-order valence-electron chi connectivity index (χ0n) is 18.3. The van der Waals surface area contributed by atoms with Crippen molar-refractivity contribution in [3.05, 3.63) is 83.4 Å². The van der Waals surface area contributed by atoms with Gasteiger partial charge in [0.1, 0.15) is 22.0 Å². The number of sulfone groups is 1. The highest BCUT2D eigenvalue weighted by Gasteiger charge is 2.30. The maximum atomic E-state index is 13.7. The van der Waals surface area contributed by atoms with Crippen LogP contribution >= 0.6 is 11.6 Å². The number of nitrogens with zero attached hydrogens (tertiary/aromatic N) is 3. The molecule has 2 heterocycles. The van der Waals surface area contributed by atoms with Gasteiger partial charge in [-0.15, -0.1) is 0 Å². The number of nitrogens with two attached hydrogens (primary N) is 1. The van der Waals surface area contributed by atoms with Crippen LogP contribution in [0.15, 0.2) is 82.6 Å². The van der Waals surface area contributed by atoms with Crippen molar-refractivity contribution in [1.82, 2.24) is 14.5 Å². The lowest BCUT2D eigenvalue weighted by Crippen LogP contribution is -2.09. The molecule has 9 heteroatoms. The minimum atomic E-state index is -4.01. The van der Waals surface area contributed by atoms with Crippen LogP contribution in [-0.4, -0.2) is 30.1 Å². The second-order valence-electron chi connectivity index (χ2n) is 7.81. The molecular formula is C25H21ClN4O3S. The fourth-order valence-corrected chi connectivity index (χ4v) is 5.77. The molecule has 0 aliphatic rings. The molecule has 0 amide bonds. The normalized spacial score (nSPS) is 11.8. The molecule has 2 N–H and O–H groups in total. The van der Waals surface area contributed by atoms with Crippen molar-refractivity contribution in [2.75, 3.05) is 12.8 Å². The average Bonchev–Trinajstić information content (AvgIpc) is 3.12. The molecule has 0 fully saturated rings. The summed E-state index contributed by atoms with van der Waals surface area (Å²) in [7, 11) is -2.39. The van der Waals surface area contributed by atoms with E-state index in [4.69, 9.17) is 27.1 Å². The molecule has 5 aromatic rings. The topological polar surface area (TPSA) is 100 Å². The summed E-state index contributed by atoms with van der Waals surface area (Å²) in [6.07, 6.45) is 0.614. The Morgan fingerprint density at radius 2 is 1.68 bits per heavy atom. The van der Waals surface area contributed by atoms with Crippen molar-refractivity contribution in [2.45, 2.75) is 22.8 Å². The number of hydrogen-bond acceptors (Lipinski definition) is 6. The first-order valence-corrected chi connectivity index (χ1v) is 12.4. The summed E-state index contributed by atoms with van der Waals surface area (Å²) in [6.45, 7) is 0.423. The smallest absolute Gasteiger partial charge is 0.212 e. The summed E-state index contributed by atoms with van der Waals surface area (Å²) in [6, 6.07) is 21.1. The lowest BCUT2D eigenvalue weighted by Gasteiger charge is -2.09. The highest BCUT2D eigenvalue weighted by Crippen LogP contribution is 2.36. The number of methoxy groups -OCH3 is 1. The van der Waals surface area contributed by atoms with Crippen LogP contribution in [0.2, 0.25) is 5.02 Å². The minimum Gasteiger partial charge on any atom is -0.497 e. The molecule has 3 aromatic carbocycles. The predicted molar refractivity (Wildman–Crippen MR) is 133 cm³/mol. The minimum absolute atomic E-state index is 0.0517. The molecular weight excluding hydrogens is 472 g/mol. The van der Waals surface area contributed by atoms with E-state index in [9.17, 15) is 8.42 Å². The Hall–Kier alpha value is -3.62. The molecule has 34 heavy (non-hydrogen) atoms. The summed E-state index contributed by atoms with van der Waals surface area (Å²) in [5.74, 6) is 0.862. The van der Waals surface area contributed by atoms with Gasteiger partial charge in [-0.05, 0) is 54.4 Å². The largest absolute Gasteiger partial charge is 0.497 e. The number of halogens is 1. The Kier molecular flexibility index (Phi) is 5.63. The van der Waals surface area contributed by atoms with Crippen LogP contribution in [0.4, 0.5) is 5.82 Å². The van der Waals surface area contributed by atoms with Gasteiger partial charge in [-0.25, -0.2) is 18.4 Å².